The highest BCUT2D eigenvalue weighted by Crippen LogP contribution is 2.35. The largest absolute Gasteiger partial charge is 0.496 e. The van der Waals surface area contributed by atoms with E-state index in [1.54, 1.807) is 30.3 Å². The number of ether oxygens (including phenoxy) is 2. The third-order valence-electron chi connectivity index (χ3n) is 5.06. The highest BCUT2D eigenvalue weighted by atomic mass is 35.5. The Morgan fingerprint density at radius 1 is 1.31 bits per heavy atom. The first-order chi connectivity index (χ1) is 15.6. The van der Waals surface area contributed by atoms with Gasteiger partial charge in [0, 0.05) is 10.6 Å². The van der Waals surface area contributed by atoms with Gasteiger partial charge in [-0.15, -0.1) is 0 Å². The Bertz CT molecular complexity index is 1100. The molecule has 0 fully saturated rings. The van der Waals surface area contributed by atoms with E-state index in [4.69, 9.17) is 21.1 Å². The summed E-state index contributed by atoms with van der Waals surface area (Å²) in [6, 6.07) is 16.6. The molecular formula is C23H22ClN3O4S. The molecule has 9 heteroatoms. The summed E-state index contributed by atoms with van der Waals surface area (Å²) >= 11 is 7.45. The number of pyridine rings is 1. The molecule has 1 aliphatic rings. The highest BCUT2D eigenvalue weighted by Gasteiger charge is 2.30. The van der Waals surface area contributed by atoms with E-state index in [1.165, 1.54) is 11.9 Å². The van der Waals surface area contributed by atoms with Gasteiger partial charge in [0.15, 0.2) is 0 Å². The van der Waals surface area contributed by atoms with Crippen LogP contribution in [-0.4, -0.2) is 41.2 Å². The van der Waals surface area contributed by atoms with Crippen LogP contribution in [-0.2, 0) is 11.3 Å². The minimum atomic E-state index is -0.575. The average molecular weight is 472 g/mol. The molecule has 0 saturated heterocycles. The minimum Gasteiger partial charge on any atom is -0.496 e. The van der Waals surface area contributed by atoms with Gasteiger partial charge in [0.25, 0.3) is 0 Å². The summed E-state index contributed by atoms with van der Waals surface area (Å²) < 4.78 is 14.6. The van der Waals surface area contributed by atoms with Crippen molar-refractivity contribution >= 4 is 35.1 Å². The van der Waals surface area contributed by atoms with Crippen molar-refractivity contribution in [2.75, 3.05) is 25.0 Å². The third-order valence-corrected chi connectivity index (χ3v) is 6.18. The maximum atomic E-state index is 12.6. The molecule has 1 aromatic heterocycles. The fraction of sp³-hybridized carbons (Fsp3) is 0.217. The van der Waals surface area contributed by atoms with E-state index in [0.717, 1.165) is 21.7 Å². The SMILES string of the molecule is COc1ccc(Cl)cc1SNc1cnc2c(c1)CN(C(=O)CO)[C@H](c1ccccc1)CO2. The Morgan fingerprint density at radius 2 is 2.12 bits per heavy atom. The van der Waals surface area contributed by atoms with Crippen molar-refractivity contribution in [1.82, 2.24) is 9.88 Å². The normalized spacial score (nSPS) is 15.3. The van der Waals surface area contributed by atoms with Crippen molar-refractivity contribution < 1.29 is 19.4 Å². The maximum absolute atomic E-state index is 12.6. The number of amides is 1. The third kappa shape index (κ3) is 4.93. The van der Waals surface area contributed by atoms with E-state index in [0.29, 0.717) is 16.7 Å². The molecule has 2 aromatic carbocycles. The standard InChI is InChI=1S/C23H22ClN3O4S/c1-30-20-8-7-17(24)10-21(20)32-26-18-9-16-12-27(22(29)13-28)19(14-31-23(16)25-11-18)15-5-3-2-4-6-15/h2-11,19,26,28H,12-14H2,1H3/t19-/m0/s1. The second-order valence-electron chi connectivity index (χ2n) is 7.10. The number of hydrogen-bond donors (Lipinski definition) is 2. The molecule has 0 saturated carbocycles. The lowest BCUT2D eigenvalue weighted by atomic mass is 10.1. The number of methoxy groups -OCH3 is 1. The van der Waals surface area contributed by atoms with Gasteiger partial charge in [0.1, 0.15) is 19.0 Å². The van der Waals surface area contributed by atoms with Crippen molar-refractivity contribution in [1.29, 1.82) is 0 Å². The summed E-state index contributed by atoms with van der Waals surface area (Å²) in [5, 5.41) is 10.1. The summed E-state index contributed by atoms with van der Waals surface area (Å²) in [6.45, 7) is -0.0621. The summed E-state index contributed by atoms with van der Waals surface area (Å²) in [7, 11) is 1.60. The number of rotatable bonds is 6. The Morgan fingerprint density at radius 3 is 2.88 bits per heavy atom. The lowest BCUT2D eigenvalue weighted by molar-refractivity contribution is -0.137. The van der Waals surface area contributed by atoms with Crippen LogP contribution < -0.4 is 14.2 Å². The Kier molecular flexibility index (Phi) is 7.04. The quantitative estimate of drug-likeness (QED) is 0.518. The number of aliphatic hydroxyl groups is 1. The molecule has 0 spiro atoms. The predicted octanol–water partition coefficient (Wildman–Crippen LogP) is 4.32. The zero-order valence-corrected chi connectivity index (χ0v) is 18.9. The first kappa shape index (κ1) is 22.3. The minimum absolute atomic E-state index is 0.247. The average Bonchev–Trinajstić information content (AvgIpc) is 3.02. The van der Waals surface area contributed by atoms with Crippen molar-refractivity contribution in [2.24, 2.45) is 0 Å². The van der Waals surface area contributed by atoms with Gasteiger partial charge in [-0.1, -0.05) is 41.9 Å². The van der Waals surface area contributed by atoms with Crippen LogP contribution in [0.2, 0.25) is 5.02 Å². The van der Waals surface area contributed by atoms with Gasteiger partial charge >= 0.3 is 0 Å². The topological polar surface area (TPSA) is 83.9 Å². The monoisotopic (exact) mass is 471 g/mol. The molecule has 0 bridgehead atoms. The van der Waals surface area contributed by atoms with E-state index in [9.17, 15) is 9.90 Å². The molecular weight excluding hydrogens is 450 g/mol. The van der Waals surface area contributed by atoms with Crippen LogP contribution >= 0.6 is 23.5 Å². The highest BCUT2D eigenvalue weighted by molar-refractivity contribution is 8.00. The van der Waals surface area contributed by atoms with Crippen molar-refractivity contribution in [2.45, 2.75) is 17.5 Å². The van der Waals surface area contributed by atoms with Crippen LogP contribution in [0, 0.1) is 0 Å². The fourth-order valence-electron chi connectivity index (χ4n) is 3.49. The van der Waals surface area contributed by atoms with Crippen molar-refractivity contribution in [3.63, 3.8) is 0 Å². The van der Waals surface area contributed by atoms with Crippen LogP contribution in [0.1, 0.15) is 17.2 Å². The number of halogens is 1. The molecule has 2 N–H and O–H groups in total. The molecule has 7 nitrogen and oxygen atoms in total. The zero-order chi connectivity index (χ0) is 22.5. The molecule has 3 aromatic rings. The number of nitrogens with one attached hydrogen (secondary N) is 1. The van der Waals surface area contributed by atoms with Gasteiger partial charge in [0.2, 0.25) is 11.8 Å². The smallest absolute Gasteiger partial charge is 0.249 e. The van der Waals surface area contributed by atoms with E-state index in [1.807, 2.05) is 42.5 Å². The van der Waals surface area contributed by atoms with Gasteiger partial charge in [0.05, 0.1) is 36.5 Å². The second-order valence-corrected chi connectivity index (χ2v) is 8.39. The molecule has 1 aliphatic heterocycles. The van der Waals surface area contributed by atoms with E-state index >= 15 is 0 Å². The van der Waals surface area contributed by atoms with Crippen LogP contribution in [0.5, 0.6) is 11.6 Å². The molecule has 0 aliphatic carbocycles. The van der Waals surface area contributed by atoms with Crippen LogP contribution in [0.3, 0.4) is 0 Å². The number of benzene rings is 2. The van der Waals surface area contributed by atoms with Crippen molar-refractivity contribution in [3.8, 4) is 11.6 Å². The van der Waals surface area contributed by atoms with Gasteiger partial charge in [-0.05, 0) is 41.8 Å². The number of carbonyl (C=O) groups excluding carboxylic acids is 1. The van der Waals surface area contributed by atoms with Crippen molar-refractivity contribution in [3.05, 3.63) is 76.9 Å². The van der Waals surface area contributed by atoms with Crippen LogP contribution in [0.15, 0.2) is 65.7 Å². The Labute approximate surface area is 195 Å². The number of anilines is 1. The van der Waals surface area contributed by atoms with Gasteiger partial charge in [-0.25, -0.2) is 4.98 Å². The maximum Gasteiger partial charge on any atom is 0.249 e. The summed E-state index contributed by atoms with van der Waals surface area (Å²) in [5.74, 6) is 0.796. The van der Waals surface area contributed by atoms with E-state index in [2.05, 4.69) is 9.71 Å². The van der Waals surface area contributed by atoms with E-state index < -0.39 is 6.61 Å². The summed E-state index contributed by atoms with van der Waals surface area (Å²) in [6.07, 6.45) is 1.67. The van der Waals surface area contributed by atoms with Gasteiger partial charge in [-0.3, -0.25) is 4.79 Å². The first-order valence-electron chi connectivity index (χ1n) is 9.92. The van der Waals surface area contributed by atoms with Gasteiger partial charge in [-0.2, -0.15) is 0 Å². The van der Waals surface area contributed by atoms with Crippen LogP contribution in [0.4, 0.5) is 5.69 Å². The zero-order valence-electron chi connectivity index (χ0n) is 17.3. The molecule has 1 atom stereocenters. The first-order valence-corrected chi connectivity index (χ1v) is 11.1. The number of aliphatic hydroxyl groups excluding tert-OH is 1. The lowest BCUT2D eigenvalue weighted by Crippen LogP contribution is -2.37. The number of fused-ring (bicyclic) bond motifs is 1. The van der Waals surface area contributed by atoms with Gasteiger partial charge < -0.3 is 24.2 Å². The fourth-order valence-corrected chi connectivity index (χ4v) is 4.50. The molecule has 0 unspecified atom stereocenters. The molecule has 4 rings (SSSR count). The Balaban J connectivity index is 1.57. The summed E-state index contributed by atoms with van der Waals surface area (Å²) in [5.41, 5.74) is 2.41. The lowest BCUT2D eigenvalue weighted by Gasteiger charge is -2.29. The second kappa shape index (κ2) is 10.1. The van der Waals surface area contributed by atoms with Crippen LogP contribution in [0.25, 0.3) is 0 Å². The number of carbonyl (C=O) groups is 1. The predicted molar refractivity (Wildman–Crippen MR) is 124 cm³/mol. The number of hydrogen-bond acceptors (Lipinski definition) is 7. The Hall–Kier alpha value is -2.94. The molecule has 32 heavy (non-hydrogen) atoms. The van der Waals surface area contributed by atoms with E-state index in [-0.39, 0.29) is 25.1 Å². The molecule has 166 valence electrons. The summed E-state index contributed by atoms with van der Waals surface area (Å²) in [4.78, 5) is 19.5. The number of nitrogens with zero attached hydrogens (tertiary/aromatic N) is 2. The molecule has 2 heterocycles. The number of aromatic nitrogens is 1. The molecule has 1 amide bonds. The molecule has 0 radical (unpaired) electrons.